The van der Waals surface area contributed by atoms with E-state index in [2.05, 4.69) is 37.3 Å². The van der Waals surface area contributed by atoms with Crippen molar-refractivity contribution in [3.63, 3.8) is 0 Å². The average Bonchev–Trinajstić information content (AvgIpc) is 3.31. The number of carbonyl (C=O) groups is 4. The molecule has 3 aliphatic heterocycles. The number of methoxy groups -OCH3 is 1. The van der Waals surface area contributed by atoms with Gasteiger partial charge in [0.1, 0.15) is 17.4 Å². The number of nitrogen functional groups attached to an aromatic ring is 1. The number of anilines is 3. The van der Waals surface area contributed by atoms with Crippen LogP contribution in [0.2, 0.25) is 5.02 Å². The molecule has 4 fully saturated rings. The van der Waals surface area contributed by atoms with Crippen molar-refractivity contribution >= 4 is 63.4 Å². The second-order valence-electron chi connectivity index (χ2n) is 17.9. The predicted octanol–water partition coefficient (Wildman–Crippen LogP) is 7.79. The van der Waals surface area contributed by atoms with Gasteiger partial charge >= 0.3 is 12.2 Å². The molecule has 0 spiro atoms. The maximum absolute atomic E-state index is 13.8. The first-order valence-corrected chi connectivity index (χ1v) is 23.2. The molecule has 4 aromatic rings. The Morgan fingerprint density at radius 1 is 0.940 bits per heavy atom. The van der Waals surface area contributed by atoms with E-state index in [1.807, 2.05) is 17.0 Å². The topological polar surface area (TPSA) is 166 Å². The maximum atomic E-state index is 13.8. The van der Waals surface area contributed by atoms with E-state index in [1.54, 1.807) is 44.1 Å². The molecule has 1 atom stereocenters. The number of carbonyl (C=O) groups excluding carboxylic acids is 4. The van der Waals surface area contributed by atoms with E-state index >= 15 is 0 Å². The van der Waals surface area contributed by atoms with Crippen LogP contribution in [0.4, 0.5) is 35.2 Å². The van der Waals surface area contributed by atoms with Crippen molar-refractivity contribution in [2.45, 2.75) is 76.9 Å². The number of ether oxygens (including phenoxy) is 1. The van der Waals surface area contributed by atoms with Crippen molar-refractivity contribution in [2.75, 3.05) is 75.4 Å². The van der Waals surface area contributed by atoms with Crippen LogP contribution in [0.15, 0.2) is 48.5 Å². The molecule has 4 aliphatic rings. The molecule has 0 unspecified atom stereocenters. The fourth-order valence-corrected chi connectivity index (χ4v) is 9.89. The second kappa shape index (κ2) is 20.0. The normalized spacial score (nSPS) is 20.3. The highest BCUT2D eigenvalue weighted by Gasteiger charge is 2.34. The van der Waals surface area contributed by atoms with Gasteiger partial charge in [0.05, 0.1) is 41.5 Å². The average molecular weight is 942 g/mol. The molecule has 8 rings (SSSR count). The summed E-state index contributed by atoms with van der Waals surface area (Å²) >= 11 is 6.39. The minimum Gasteiger partial charge on any atom is -0.496 e. The van der Waals surface area contributed by atoms with E-state index in [0.717, 1.165) is 74.7 Å². The van der Waals surface area contributed by atoms with Crippen molar-refractivity contribution < 1.29 is 37.1 Å². The van der Waals surface area contributed by atoms with Gasteiger partial charge in [0.15, 0.2) is 0 Å². The summed E-state index contributed by atoms with van der Waals surface area (Å²) in [6, 6.07) is 11.2. The van der Waals surface area contributed by atoms with Crippen molar-refractivity contribution in [1.82, 2.24) is 30.0 Å². The zero-order valence-corrected chi connectivity index (χ0v) is 38.6. The third-order valence-electron chi connectivity index (χ3n) is 13.4. The zero-order valence-electron chi connectivity index (χ0n) is 37.8. The van der Waals surface area contributed by atoms with Gasteiger partial charge in [-0.3, -0.25) is 29.5 Å². The van der Waals surface area contributed by atoms with Gasteiger partial charge in [-0.1, -0.05) is 23.4 Å². The molecular weight excluding hydrogens is 887 g/mol. The molecule has 1 saturated carbocycles. The van der Waals surface area contributed by atoms with Crippen molar-refractivity contribution in [3.05, 3.63) is 81.6 Å². The Morgan fingerprint density at radius 2 is 1.67 bits per heavy atom. The number of nitrogens with one attached hydrogen (secondary N) is 2. The highest BCUT2D eigenvalue weighted by Crippen LogP contribution is 2.43. The molecule has 4 N–H and O–H groups in total. The van der Waals surface area contributed by atoms with Crippen LogP contribution in [0.25, 0.3) is 10.9 Å². The van der Waals surface area contributed by atoms with Crippen LogP contribution in [0.3, 0.4) is 0 Å². The molecule has 0 radical (unpaired) electrons. The first-order valence-electron chi connectivity index (χ1n) is 22.8. The summed E-state index contributed by atoms with van der Waals surface area (Å²) in [5.41, 5.74) is 7.92. The lowest BCUT2D eigenvalue weighted by Crippen LogP contribution is -2.50. The third-order valence-corrected chi connectivity index (χ3v) is 13.8. The Labute approximate surface area is 392 Å². The van der Waals surface area contributed by atoms with Gasteiger partial charge in [0, 0.05) is 86.8 Å². The molecular formula is C49H55ClF3N9O5. The van der Waals surface area contributed by atoms with Crippen molar-refractivity contribution in [3.8, 4) is 17.6 Å². The molecule has 4 heterocycles. The molecule has 3 saturated heterocycles. The number of aromatic nitrogens is 2. The number of halogens is 4. The van der Waals surface area contributed by atoms with Gasteiger partial charge < -0.3 is 25.6 Å². The van der Waals surface area contributed by atoms with E-state index in [4.69, 9.17) is 22.1 Å². The molecule has 14 nitrogen and oxygen atoms in total. The molecule has 1 aromatic heterocycles. The number of amides is 5. The largest absolute Gasteiger partial charge is 0.496 e. The van der Waals surface area contributed by atoms with Crippen LogP contribution < -0.4 is 26.0 Å². The molecule has 67 heavy (non-hydrogen) atoms. The van der Waals surface area contributed by atoms with Gasteiger partial charge in [-0.2, -0.15) is 13.2 Å². The summed E-state index contributed by atoms with van der Waals surface area (Å²) in [6.45, 7) is 8.23. The number of hydrogen-bond acceptors (Lipinski definition) is 10. The highest BCUT2D eigenvalue weighted by atomic mass is 35.5. The Hall–Kier alpha value is -6.12. The number of piperazine rings is 1. The number of rotatable bonds is 9. The Kier molecular flexibility index (Phi) is 14.1. The molecule has 5 amide bonds. The summed E-state index contributed by atoms with van der Waals surface area (Å²) in [5, 5.41) is 6.66. The second-order valence-corrected chi connectivity index (χ2v) is 18.3. The number of nitrogens with zero attached hydrogens (tertiary/aromatic N) is 6. The molecule has 3 aromatic carbocycles. The Balaban J connectivity index is 0.808. The van der Waals surface area contributed by atoms with Gasteiger partial charge in [-0.25, -0.2) is 14.8 Å². The van der Waals surface area contributed by atoms with Gasteiger partial charge in [-0.05, 0) is 112 Å². The third kappa shape index (κ3) is 10.9. The standard InChI is InChI=1S/C49H55ClF3N9O5/c1-29(35-23-36(49(51,52)53)26-37(54)24-35)55-45-39-27-38(43(67-3)28-41(39)56-30(2)57-45)32-6-8-33(9-7-32)46(64)61-21-19-59(20-22-61)15-4-5-31-12-16-60(17-13-31)47(65)34-10-11-40(50)42(25-34)62-18-14-44(63)58-48(62)66/h10-11,23-29,31-33H,6-9,12-22,54H2,1-3H3,(H,55,56,57)(H,58,63,66)/t29-,32?,33?/m1/s1. The number of urea groups is 1. The number of aryl methyl sites for hydroxylation is 1. The highest BCUT2D eigenvalue weighted by molar-refractivity contribution is 6.34. The van der Waals surface area contributed by atoms with Gasteiger partial charge in [-0.15, -0.1) is 0 Å². The summed E-state index contributed by atoms with van der Waals surface area (Å²) in [5.74, 6) is 8.41. The Morgan fingerprint density at radius 3 is 2.36 bits per heavy atom. The number of hydrogen-bond donors (Lipinski definition) is 3. The smallest absolute Gasteiger partial charge is 0.416 e. The SMILES string of the molecule is COc1cc2nc(C)nc(N[C@H](C)c3cc(N)cc(C(F)(F)F)c3)c2cc1C1CCC(C(=O)N2CCN(CC#CC3CCN(C(=O)c4ccc(Cl)c(N5CCC(=O)NC5=O)c4)CC3)CC2)CC1. The predicted molar refractivity (Wildman–Crippen MR) is 250 cm³/mol. The maximum Gasteiger partial charge on any atom is 0.416 e. The minimum atomic E-state index is -4.53. The number of nitrogens with two attached hydrogens (primary N) is 1. The summed E-state index contributed by atoms with van der Waals surface area (Å²) in [7, 11) is 1.62. The van der Waals surface area contributed by atoms with E-state index in [1.165, 1.54) is 11.0 Å². The number of likely N-dealkylation sites (tertiary alicyclic amines) is 1. The zero-order chi connectivity index (χ0) is 47.6. The van der Waals surface area contributed by atoms with E-state index in [-0.39, 0.29) is 54.1 Å². The lowest BCUT2D eigenvalue weighted by atomic mass is 9.77. The summed E-state index contributed by atoms with van der Waals surface area (Å²) in [4.78, 5) is 68.0. The number of fused-ring (bicyclic) bond motifs is 1. The monoisotopic (exact) mass is 941 g/mol. The van der Waals surface area contributed by atoms with Crippen LogP contribution in [0.5, 0.6) is 5.75 Å². The molecule has 0 bridgehead atoms. The van der Waals surface area contributed by atoms with Crippen LogP contribution in [-0.4, -0.2) is 108 Å². The number of imide groups is 1. The number of alkyl halides is 3. The first kappa shape index (κ1) is 47.4. The minimum absolute atomic E-state index is 0.0242. The molecule has 1 aliphatic carbocycles. The first-order chi connectivity index (χ1) is 32.0. The summed E-state index contributed by atoms with van der Waals surface area (Å²) in [6.07, 6.45) is 0.192. The van der Waals surface area contributed by atoms with Crippen LogP contribution in [0, 0.1) is 30.6 Å². The molecule has 18 heteroatoms. The van der Waals surface area contributed by atoms with Gasteiger partial charge in [0.25, 0.3) is 5.91 Å². The van der Waals surface area contributed by atoms with Gasteiger partial charge in [0.2, 0.25) is 11.8 Å². The van der Waals surface area contributed by atoms with Crippen molar-refractivity contribution in [2.24, 2.45) is 11.8 Å². The van der Waals surface area contributed by atoms with E-state index in [9.17, 15) is 32.3 Å². The van der Waals surface area contributed by atoms with Crippen LogP contribution >= 0.6 is 11.6 Å². The number of benzene rings is 3. The lowest BCUT2D eigenvalue weighted by Gasteiger charge is -2.37. The van der Waals surface area contributed by atoms with Crippen LogP contribution in [0.1, 0.15) is 96.7 Å². The Bertz CT molecular complexity index is 2610. The molecule has 354 valence electrons. The van der Waals surface area contributed by atoms with E-state index < -0.39 is 23.8 Å². The summed E-state index contributed by atoms with van der Waals surface area (Å²) < 4.78 is 46.7. The fourth-order valence-electron chi connectivity index (χ4n) is 9.67. The lowest BCUT2D eigenvalue weighted by molar-refractivity contribution is -0.138. The van der Waals surface area contributed by atoms with Crippen molar-refractivity contribution in [1.29, 1.82) is 0 Å². The quantitative estimate of drug-likeness (QED) is 0.111. The van der Waals surface area contributed by atoms with E-state index in [0.29, 0.717) is 77.5 Å². The fraction of sp³-hybridized carbons (Fsp3) is 0.469. The number of piperidine rings is 1. The van der Waals surface area contributed by atoms with Crippen LogP contribution in [-0.2, 0) is 15.8 Å².